The molecule has 1 aliphatic rings. The van der Waals surface area contributed by atoms with Gasteiger partial charge in [-0.25, -0.2) is 0 Å². The van der Waals surface area contributed by atoms with Gasteiger partial charge in [0.15, 0.2) is 0 Å². The van der Waals surface area contributed by atoms with Gasteiger partial charge < -0.3 is 4.74 Å². The maximum atomic E-state index is 5.65. The van der Waals surface area contributed by atoms with Crippen molar-refractivity contribution >= 4 is 0 Å². The van der Waals surface area contributed by atoms with E-state index in [0.717, 1.165) is 13.0 Å². The second-order valence-electron chi connectivity index (χ2n) is 3.34. The molecule has 0 radical (unpaired) electrons. The first kappa shape index (κ1) is 8.79. The zero-order valence-electron chi connectivity index (χ0n) is 7.44. The highest BCUT2D eigenvalue weighted by molar-refractivity contribution is 5.02. The molecular formula is C10H18O. The number of hydrogen-bond donors (Lipinski definition) is 0. The average molecular weight is 154 g/mol. The smallest absolute Gasteiger partial charge is 0.0615 e. The van der Waals surface area contributed by atoms with E-state index >= 15 is 0 Å². The Bertz CT molecular complexity index is 129. The molecule has 1 rings (SSSR count). The van der Waals surface area contributed by atoms with Crippen molar-refractivity contribution in [1.29, 1.82) is 0 Å². The number of hydrogen-bond acceptors (Lipinski definition) is 1. The van der Waals surface area contributed by atoms with E-state index < -0.39 is 0 Å². The normalized spacial score (nSPS) is 24.5. The predicted octanol–water partition coefficient (Wildman–Crippen LogP) is 2.91. The van der Waals surface area contributed by atoms with Crippen LogP contribution in [0.5, 0.6) is 0 Å². The van der Waals surface area contributed by atoms with Crippen LogP contribution in [0.1, 0.15) is 39.0 Å². The lowest BCUT2D eigenvalue weighted by Crippen LogP contribution is -2.08. The van der Waals surface area contributed by atoms with Crippen LogP contribution in [-0.4, -0.2) is 12.7 Å². The van der Waals surface area contributed by atoms with Gasteiger partial charge in [0.1, 0.15) is 0 Å². The van der Waals surface area contributed by atoms with Gasteiger partial charge in [0.25, 0.3) is 0 Å². The first-order valence-corrected chi connectivity index (χ1v) is 4.61. The topological polar surface area (TPSA) is 9.23 Å². The van der Waals surface area contributed by atoms with E-state index in [2.05, 4.69) is 13.5 Å². The first-order chi connectivity index (χ1) is 5.33. The van der Waals surface area contributed by atoms with Gasteiger partial charge in [0.05, 0.1) is 6.10 Å². The summed E-state index contributed by atoms with van der Waals surface area (Å²) in [5.74, 6) is 0. The van der Waals surface area contributed by atoms with Crippen LogP contribution in [0.3, 0.4) is 0 Å². The number of ether oxygens (including phenoxy) is 1. The van der Waals surface area contributed by atoms with Crippen molar-refractivity contribution in [2.45, 2.75) is 45.1 Å². The van der Waals surface area contributed by atoms with Gasteiger partial charge in [0, 0.05) is 6.61 Å². The summed E-state index contributed by atoms with van der Waals surface area (Å²) in [6.45, 7) is 7.08. The Morgan fingerprint density at radius 2 is 2.45 bits per heavy atom. The fraction of sp³-hybridized carbons (Fsp3) is 0.800. The van der Waals surface area contributed by atoms with Gasteiger partial charge in [-0.3, -0.25) is 0 Å². The van der Waals surface area contributed by atoms with E-state index in [0.29, 0.717) is 6.10 Å². The predicted molar refractivity (Wildman–Crippen MR) is 47.6 cm³/mol. The molecule has 0 aromatic heterocycles. The van der Waals surface area contributed by atoms with E-state index in [-0.39, 0.29) is 0 Å². The van der Waals surface area contributed by atoms with Crippen molar-refractivity contribution in [3.05, 3.63) is 12.2 Å². The fourth-order valence-electron chi connectivity index (χ4n) is 1.43. The second kappa shape index (κ2) is 4.55. The van der Waals surface area contributed by atoms with Crippen molar-refractivity contribution in [3.8, 4) is 0 Å². The van der Waals surface area contributed by atoms with E-state index in [4.69, 9.17) is 4.74 Å². The third kappa shape index (κ3) is 3.06. The summed E-state index contributed by atoms with van der Waals surface area (Å²) in [5.41, 5.74) is 1.37. The van der Waals surface area contributed by atoms with Crippen LogP contribution in [0.25, 0.3) is 0 Å². The molecule has 0 bridgehead atoms. The van der Waals surface area contributed by atoms with Crippen LogP contribution in [0.2, 0.25) is 0 Å². The minimum absolute atomic E-state index is 0.494. The molecule has 0 spiro atoms. The fourth-order valence-corrected chi connectivity index (χ4v) is 1.43. The van der Waals surface area contributed by atoms with Gasteiger partial charge in [-0.1, -0.05) is 25.5 Å². The highest BCUT2D eigenvalue weighted by Gasteiger charge is 2.17. The molecule has 0 saturated heterocycles. The standard InChI is InChI=1S/C10H18O/c1-3-4-7-11-10-6-5-9(2)8-10/h10H,2-8H2,1H3/t10-/m0/s1. The summed E-state index contributed by atoms with van der Waals surface area (Å²) in [6.07, 6.45) is 6.40. The summed E-state index contributed by atoms with van der Waals surface area (Å²) in [4.78, 5) is 0. The molecule has 0 amide bonds. The van der Waals surface area contributed by atoms with Crippen LogP contribution in [0.15, 0.2) is 12.2 Å². The van der Waals surface area contributed by atoms with Crippen molar-refractivity contribution in [1.82, 2.24) is 0 Å². The molecule has 1 aliphatic carbocycles. The summed E-state index contributed by atoms with van der Waals surface area (Å²) >= 11 is 0. The van der Waals surface area contributed by atoms with Gasteiger partial charge in [-0.2, -0.15) is 0 Å². The summed E-state index contributed by atoms with van der Waals surface area (Å²) in [6, 6.07) is 0. The maximum absolute atomic E-state index is 5.65. The molecule has 0 N–H and O–H groups in total. The Balaban J connectivity index is 2.04. The average Bonchev–Trinajstić information content (AvgIpc) is 2.37. The SMILES string of the molecule is C=C1CC[C@H](OCCCC)C1. The van der Waals surface area contributed by atoms with Gasteiger partial charge >= 0.3 is 0 Å². The second-order valence-corrected chi connectivity index (χ2v) is 3.34. The first-order valence-electron chi connectivity index (χ1n) is 4.61. The molecule has 1 atom stereocenters. The van der Waals surface area contributed by atoms with Crippen LogP contribution in [-0.2, 0) is 4.74 Å². The summed E-state index contributed by atoms with van der Waals surface area (Å²) in [5, 5.41) is 0. The zero-order valence-corrected chi connectivity index (χ0v) is 7.44. The molecule has 1 nitrogen and oxygen atoms in total. The zero-order chi connectivity index (χ0) is 8.10. The molecule has 0 unspecified atom stereocenters. The van der Waals surface area contributed by atoms with Gasteiger partial charge in [-0.15, -0.1) is 0 Å². The molecule has 0 aliphatic heterocycles. The largest absolute Gasteiger partial charge is 0.378 e. The third-order valence-electron chi connectivity index (χ3n) is 2.19. The highest BCUT2D eigenvalue weighted by Crippen LogP contribution is 2.25. The molecule has 0 aromatic rings. The molecule has 0 aromatic carbocycles. The molecule has 0 heterocycles. The Labute approximate surface area is 69.4 Å². The molecule has 64 valence electrons. The lowest BCUT2D eigenvalue weighted by Gasteiger charge is -2.09. The third-order valence-corrected chi connectivity index (χ3v) is 2.19. The molecule has 1 fully saturated rings. The monoisotopic (exact) mass is 154 g/mol. The maximum Gasteiger partial charge on any atom is 0.0615 e. The molecule has 1 saturated carbocycles. The minimum Gasteiger partial charge on any atom is -0.378 e. The summed E-state index contributed by atoms with van der Waals surface area (Å²) < 4.78 is 5.65. The Kier molecular flexibility index (Phi) is 3.64. The van der Waals surface area contributed by atoms with Crippen molar-refractivity contribution in [3.63, 3.8) is 0 Å². The Morgan fingerprint density at radius 1 is 1.64 bits per heavy atom. The lowest BCUT2D eigenvalue weighted by molar-refractivity contribution is 0.0584. The minimum atomic E-state index is 0.494. The number of rotatable bonds is 4. The van der Waals surface area contributed by atoms with E-state index in [1.165, 1.54) is 31.3 Å². The lowest BCUT2D eigenvalue weighted by atomic mass is 10.3. The van der Waals surface area contributed by atoms with Crippen LogP contribution >= 0.6 is 0 Å². The molecular weight excluding hydrogens is 136 g/mol. The van der Waals surface area contributed by atoms with E-state index in [9.17, 15) is 0 Å². The van der Waals surface area contributed by atoms with Gasteiger partial charge in [0.2, 0.25) is 0 Å². The quantitative estimate of drug-likeness (QED) is 0.447. The van der Waals surface area contributed by atoms with Crippen molar-refractivity contribution < 1.29 is 4.74 Å². The van der Waals surface area contributed by atoms with Crippen LogP contribution in [0, 0.1) is 0 Å². The van der Waals surface area contributed by atoms with E-state index in [1.807, 2.05) is 0 Å². The van der Waals surface area contributed by atoms with Crippen molar-refractivity contribution in [2.75, 3.05) is 6.61 Å². The highest BCUT2D eigenvalue weighted by atomic mass is 16.5. The molecule has 1 heteroatoms. The summed E-state index contributed by atoms with van der Waals surface area (Å²) in [7, 11) is 0. The Hall–Kier alpha value is -0.300. The number of unbranched alkanes of at least 4 members (excludes halogenated alkanes) is 1. The van der Waals surface area contributed by atoms with Gasteiger partial charge in [-0.05, 0) is 25.7 Å². The molecule has 11 heavy (non-hydrogen) atoms. The van der Waals surface area contributed by atoms with Crippen molar-refractivity contribution in [2.24, 2.45) is 0 Å². The van der Waals surface area contributed by atoms with E-state index in [1.54, 1.807) is 0 Å². The van der Waals surface area contributed by atoms with Crippen LogP contribution in [0.4, 0.5) is 0 Å². The Morgan fingerprint density at radius 3 is 3.00 bits per heavy atom. The van der Waals surface area contributed by atoms with Crippen LogP contribution < -0.4 is 0 Å².